The molecule has 1 heterocycles. The highest BCUT2D eigenvalue weighted by Gasteiger charge is 2.20. The molecule has 0 aromatic carbocycles. The number of aryl methyl sites for hydroxylation is 1. The van der Waals surface area contributed by atoms with Crippen molar-refractivity contribution >= 4 is 7.25 Å². The average Bonchev–Trinajstić information content (AvgIpc) is 2.77. The van der Waals surface area contributed by atoms with Crippen LogP contribution in [-0.2, 0) is 6.54 Å². The molecule has 1 rings (SSSR count). The number of H-pyrrole nitrogens is 1. The van der Waals surface area contributed by atoms with Crippen LogP contribution in [0.4, 0.5) is 17.3 Å². The molecule has 7 heteroatoms. The molecule has 0 spiro atoms. The molecular weight excluding hydrogens is 259 g/mol. The summed E-state index contributed by atoms with van der Waals surface area (Å²) in [6.07, 6.45) is 12.9. The first-order valence-corrected chi connectivity index (χ1v) is 6.72. The van der Waals surface area contributed by atoms with E-state index in [1.165, 1.54) is 32.1 Å². The summed E-state index contributed by atoms with van der Waals surface area (Å²) in [5, 5.41) is 0. The number of hydrogen-bond donors (Lipinski definition) is 1. The molecule has 0 radical (unpaired) electrons. The molecule has 1 N–H and O–H groups in total. The Kier molecular flexibility index (Phi) is 9.34. The number of hydrogen-bond acceptors (Lipinski definition) is 0. The molecule has 1 aromatic rings. The molecule has 0 aliphatic rings. The van der Waals surface area contributed by atoms with Crippen LogP contribution in [0, 0.1) is 5.92 Å². The molecule has 112 valence electrons. The third-order valence-corrected chi connectivity index (χ3v) is 2.78. The van der Waals surface area contributed by atoms with Crippen LogP contribution < -0.4 is 4.57 Å². The van der Waals surface area contributed by atoms with E-state index in [0.717, 1.165) is 12.5 Å². The molecule has 1 atom stereocenters. The summed E-state index contributed by atoms with van der Waals surface area (Å²) in [6.45, 7) is 5.78. The maximum absolute atomic E-state index is 9.75. The maximum atomic E-state index is 9.75. The van der Waals surface area contributed by atoms with Crippen LogP contribution in [0.3, 0.4) is 0 Å². The number of halogens is 4. The molecule has 19 heavy (non-hydrogen) atoms. The molecule has 0 aliphatic carbocycles. The number of aromatic amines is 1. The van der Waals surface area contributed by atoms with E-state index >= 15 is 0 Å². The molecule has 1 unspecified atom stereocenters. The second-order valence-electron chi connectivity index (χ2n) is 4.73. The lowest BCUT2D eigenvalue weighted by molar-refractivity contribution is -0.696. The molecule has 2 nitrogen and oxygen atoms in total. The molecule has 0 amide bonds. The Morgan fingerprint density at radius 3 is 2.26 bits per heavy atom. The summed E-state index contributed by atoms with van der Waals surface area (Å²) in [4.78, 5) is 3.07. The quantitative estimate of drug-likeness (QED) is 0.334. The zero-order valence-electron chi connectivity index (χ0n) is 11.6. The summed E-state index contributed by atoms with van der Waals surface area (Å²) in [7, 11) is -6.00. The Labute approximate surface area is 112 Å². The predicted molar refractivity (Wildman–Crippen MR) is 69.1 cm³/mol. The third-order valence-electron chi connectivity index (χ3n) is 2.78. The molecule has 0 saturated carbocycles. The molecular formula is C12H23BF4N2. The second-order valence-corrected chi connectivity index (χ2v) is 4.73. The van der Waals surface area contributed by atoms with E-state index in [4.69, 9.17) is 0 Å². The Hall–Kier alpha value is -1.01. The molecule has 0 bridgehead atoms. The van der Waals surface area contributed by atoms with Crippen LogP contribution in [0.25, 0.3) is 0 Å². The fraction of sp³-hybridized carbons (Fsp3) is 0.750. The number of aromatic nitrogens is 2. The van der Waals surface area contributed by atoms with Gasteiger partial charge in [-0.25, -0.2) is 4.57 Å². The lowest BCUT2D eigenvalue weighted by atomic mass is 10.00. The number of imidazole rings is 1. The van der Waals surface area contributed by atoms with Gasteiger partial charge in [0.15, 0.2) is 0 Å². The fourth-order valence-electron chi connectivity index (χ4n) is 1.72. The topological polar surface area (TPSA) is 19.7 Å². The van der Waals surface area contributed by atoms with Crippen molar-refractivity contribution in [2.45, 2.75) is 52.5 Å². The van der Waals surface area contributed by atoms with Gasteiger partial charge in [-0.05, 0) is 12.3 Å². The highest BCUT2D eigenvalue weighted by Crippen LogP contribution is 2.12. The van der Waals surface area contributed by atoms with Gasteiger partial charge < -0.3 is 17.3 Å². The van der Waals surface area contributed by atoms with Crippen LogP contribution in [0.15, 0.2) is 18.7 Å². The second kappa shape index (κ2) is 9.86. The Bertz CT molecular complexity index is 295. The van der Waals surface area contributed by atoms with E-state index in [1.54, 1.807) is 0 Å². The first-order valence-electron chi connectivity index (χ1n) is 6.72. The van der Waals surface area contributed by atoms with E-state index in [0.29, 0.717) is 0 Å². The first-order chi connectivity index (χ1) is 8.83. The minimum absolute atomic E-state index is 0.865. The van der Waals surface area contributed by atoms with Gasteiger partial charge in [0.2, 0.25) is 6.33 Å². The summed E-state index contributed by atoms with van der Waals surface area (Å²) < 4.78 is 41.2. The number of nitrogens with zero attached hydrogens (tertiary/aromatic N) is 1. The van der Waals surface area contributed by atoms with E-state index in [-0.39, 0.29) is 0 Å². The molecule has 1 aromatic heterocycles. The summed E-state index contributed by atoms with van der Waals surface area (Å²) in [5.74, 6) is 0.865. The van der Waals surface area contributed by atoms with Crippen LogP contribution >= 0.6 is 0 Å². The Balaban J connectivity index is 0.000000555. The van der Waals surface area contributed by atoms with E-state index in [1.807, 2.05) is 12.5 Å². The normalized spacial score (nSPS) is 12.7. The Morgan fingerprint density at radius 1 is 1.16 bits per heavy atom. The van der Waals surface area contributed by atoms with Crippen molar-refractivity contribution in [2.24, 2.45) is 5.92 Å². The highest BCUT2D eigenvalue weighted by molar-refractivity contribution is 6.50. The maximum Gasteiger partial charge on any atom is 0.673 e. The summed E-state index contributed by atoms with van der Waals surface area (Å²) in [6, 6.07) is 0. The van der Waals surface area contributed by atoms with Crippen molar-refractivity contribution in [1.29, 1.82) is 0 Å². The van der Waals surface area contributed by atoms with Gasteiger partial charge in [0, 0.05) is 0 Å². The molecule has 0 fully saturated rings. The first kappa shape index (κ1) is 18.0. The number of nitrogens with one attached hydrogen (secondary N) is 1. The number of unbranched alkanes of at least 4 members (excludes halogenated alkanes) is 2. The van der Waals surface area contributed by atoms with Crippen LogP contribution in [0.1, 0.15) is 46.0 Å². The smallest absolute Gasteiger partial charge is 0.418 e. The van der Waals surface area contributed by atoms with E-state index in [2.05, 4.69) is 29.6 Å². The number of rotatable bonds is 7. The largest absolute Gasteiger partial charge is 0.673 e. The van der Waals surface area contributed by atoms with Crippen molar-refractivity contribution in [2.75, 3.05) is 0 Å². The van der Waals surface area contributed by atoms with Gasteiger partial charge in [0.25, 0.3) is 0 Å². The lowest BCUT2D eigenvalue weighted by Gasteiger charge is -2.08. The highest BCUT2D eigenvalue weighted by atomic mass is 19.5. The van der Waals surface area contributed by atoms with Crippen molar-refractivity contribution in [3.8, 4) is 0 Å². The fourth-order valence-corrected chi connectivity index (χ4v) is 1.72. The van der Waals surface area contributed by atoms with Gasteiger partial charge in [-0.15, -0.1) is 0 Å². The van der Waals surface area contributed by atoms with E-state index in [9.17, 15) is 17.3 Å². The standard InChI is InChI=1S/C12H22N2.BF4/c1-3-4-5-6-12(2)7-9-14-10-8-13-11-14;2-1(3,4)5/h8,10-12H,3-7,9H2,1-2H3;/q;-1/p+1. The van der Waals surface area contributed by atoms with Crippen molar-refractivity contribution in [3.05, 3.63) is 18.7 Å². The van der Waals surface area contributed by atoms with Gasteiger partial charge >= 0.3 is 7.25 Å². The Morgan fingerprint density at radius 2 is 1.79 bits per heavy atom. The molecule has 0 aliphatic heterocycles. The van der Waals surface area contributed by atoms with Crippen molar-refractivity contribution in [1.82, 2.24) is 4.98 Å². The third kappa shape index (κ3) is 14.9. The van der Waals surface area contributed by atoms with Crippen LogP contribution in [0.5, 0.6) is 0 Å². The van der Waals surface area contributed by atoms with Gasteiger partial charge in [-0.2, -0.15) is 0 Å². The predicted octanol–water partition coefficient (Wildman–Crippen LogP) is 4.21. The zero-order valence-corrected chi connectivity index (χ0v) is 11.6. The SMILES string of the molecule is CCCCCC(C)CC[n+]1cc[nH]c1.F[B-](F)(F)F. The van der Waals surface area contributed by atoms with Crippen LogP contribution in [0.2, 0.25) is 0 Å². The van der Waals surface area contributed by atoms with Gasteiger partial charge in [0.1, 0.15) is 12.4 Å². The minimum Gasteiger partial charge on any atom is -0.418 e. The monoisotopic (exact) mass is 282 g/mol. The zero-order chi connectivity index (χ0) is 14.7. The minimum atomic E-state index is -6.00. The molecule has 0 saturated heterocycles. The summed E-state index contributed by atoms with van der Waals surface area (Å²) >= 11 is 0. The van der Waals surface area contributed by atoms with Crippen molar-refractivity contribution < 1.29 is 21.8 Å². The van der Waals surface area contributed by atoms with Gasteiger partial charge in [-0.3, -0.25) is 4.98 Å². The lowest BCUT2D eigenvalue weighted by Crippen LogP contribution is -2.31. The summed E-state index contributed by atoms with van der Waals surface area (Å²) in [5.41, 5.74) is 0. The van der Waals surface area contributed by atoms with Crippen molar-refractivity contribution in [3.63, 3.8) is 0 Å². The average molecular weight is 282 g/mol. The van der Waals surface area contributed by atoms with Crippen LogP contribution in [-0.4, -0.2) is 12.2 Å². The van der Waals surface area contributed by atoms with Gasteiger partial charge in [0.05, 0.1) is 6.54 Å². The van der Waals surface area contributed by atoms with Gasteiger partial charge in [-0.1, -0.05) is 39.5 Å². The van der Waals surface area contributed by atoms with E-state index < -0.39 is 7.25 Å².